The fourth-order valence-corrected chi connectivity index (χ4v) is 1.63. The van der Waals surface area contributed by atoms with Gasteiger partial charge in [-0.05, 0) is 18.2 Å². The number of carbonyl (C=O) groups excluding carboxylic acids is 1. The van der Waals surface area contributed by atoms with Crippen LogP contribution in [0, 0.1) is 5.82 Å². The highest BCUT2D eigenvalue weighted by Crippen LogP contribution is 2.26. The third-order valence-electron chi connectivity index (χ3n) is 2.02. The molecular formula is C10H7BrFN3O. The largest absolute Gasteiger partial charge is 0.331 e. The lowest BCUT2D eigenvalue weighted by Crippen LogP contribution is -2.15. The third kappa shape index (κ3) is 1.96. The summed E-state index contributed by atoms with van der Waals surface area (Å²) in [6, 6.07) is 4.46. The Labute approximate surface area is 99.2 Å². The Morgan fingerprint density at radius 2 is 2.31 bits per heavy atom. The highest BCUT2D eigenvalue weighted by Gasteiger charge is 2.13. The van der Waals surface area contributed by atoms with Crippen LogP contribution in [0.2, 0.25) is 0 Å². The second-order valence-corrected chi connectivity index (χ2v) is 3.92. The molecule has 0 spiro atoms. The lowest BCUT2D eigenvalue weighted by Gasteiger charge is -2.15. The highest BCUT2D eigenvalue weighted by atomic mass is 79.9. The summed E-state index contributed by atoms with van der Waals surface area (Å²) >= 11 is 3.15. The molecule has 4 nitrogen and oxygen atoms in total. The fourth-order valence-electron chi connectivity index (χ4n) is 1.30. The highest BCUT2D eigenvalue weighted by molar-refractivity contribution is 9.10. The van der Waals surface area contributed by atoms with Gasteiger partial charge in [0.15, 0.2) is 0 Å². The zero-order valence-electron chi connectivity index (χ0n) is 8.02. The number of carbonyl (C=O) groups is 1. The Kier molecular flexibility index (Phi) is 3.00. The molecule has 2 aromatic rings. The molecule has 0 bridgehead atoms. The van der Waals surface area contributed by atoms with Gasteiger partial charge in [-0.15, -0.1) is 0 Å². The second kappa shape index (κ2) is 4.44. The summed E-state index contributed by atoms with van der Waals surface area (Å²) in [6.45, 7) is 0. The summed E-state index contributed by atoms with van der Waals surface area (Å²) in [5.41, 5.74) is 0.169. The van der Waals surface area contributed by atoms with Crippen molar-refractivity contribution in [3.63, 3.8) is 0 Å². The maximum atomic E-state index is 13.6. The third-order valence-corrected chi connectivity index (χ3v) is 2.51. The van der Waals surface area contributed by atoms with E-state index in [0.29, 0.717) is 16.7 Å². The minimum absolute atomic E-state index is 0.169. The number of nitrogens with zero attached hydrogens (tertiary/aromatic N) is 2. The van der Waals surface area contributed by atoms with Gasteiger partial charge >= 0.3 is 0 Å². The van der Waals surface area contributed by atoms with Gasteiger partial charge in [-0.25, -0.2) is 9.37 Å². The molecule has 1 aromatic heterocycles. The molecule has 6 heteroatoms. The van der Waals surface area contributed by atoms with Gasteiger partial charge in [-0.2, -0.15) is 0 Å². The van der Waals surface area contributed by atoms with Crippen LogP contribution in [0.3, 0.4) is 0 Å². The molecule has 0 unspecified atom stereocenters. The maximum absolute atomic E-state index is 13.6. The average Bonchev–Trinajstić information content (AvgIpc) is 2.75. The first-order valence-corrected chi connectivity index (χ1v) is 5.19. The zero-order valence-corrected chi connectivity index (χ0v) is 9.61. The number of anilines is 2. The van der Waals surface area contributed by atoms with E-state index < -0.39 is 5.82 Å². The van der Waals surface area contributed by atoms with Gasteiger partial charge in [0, 0.05) is 4.47 Å². The number of hydrogen-bond donors (Lipinski definition) is 1. The lowest BCUT2D eigenvalue weighted by molar-refractivity contribution is -0.106. The summed E-state index contributed by atoms with van der Waals surface area (Å²) in [6.07, 6.45) is 3.39. The van der Waals surface area contributed by atoms with Crippen LogP contribution in [0.25, 0.3) is 0 Å². The van der Waals surface area contributed by atoms with Crippen molar-refractivity contribution in [2.45, 2.75) is 0 Å². The Bertz CT molecular complexity index is 501. The van der Waals surface area contributed by atoms with E-state index in [2.05, 4.69) is 25.9 Å². The predicted molar refractivity (Wildman–Crippen MR) is 60.9 cm³/mol. The first-order chi connectivity index (χ1) is 7.72. The molecule has 0 saturated heterocycles. The first kappa shape index (κ1) is 10.8. The monoisotopic (exact) mass is 283 g/mol. The second-order valence-electron chi connectivity index (χ2n) is 3.01. The van der Waals surface area contributed by atoms with Crippen molar-refractivity contribution in [3.8, 4) is 0 Å². The van der Waals surface area contributed by atoms with Crippen LogP contribution in [-0.2, 0) is 4.79 Å². The first-order valence-electron chi connectivity index (χ1n) is 4.40. The van der Waals surface area contributed by atoms with Gasteiger partial charge in [-0.1, -0.05) is 15.9 Å². The summed E-state index contributed by atoms with van der Waals surface area (Å²) in [7, 11) is 0. The minimum atomic E-state index is -0.490. The number of aromatic amines is 1. The number of imidazole rings is 1. The number of nitrogens with one attached hydrogen (secondary N) is 1. The van der Waals surface area contributed by atoms with Crippen LogP contribution >= 0.6 is 15.9 Å². The molecule has 1 heterocycles. The van der Waals surface area contributed by atoms with Crippen molar-refractivity contribution < 1.29 is 9.18 Å². The van der Waals surface area contributed by atoms with Crippen LogP contribution in [0.15, 0.2) is 35.2 Å². The SMILES string of the molecule is O=CN(c1cnc[nH]1)c1ccc(Br)cc1F. The van der Waals surface area contributed by atoms with Crippen molar-refractivity contribution in [2.24, 2.45) is 0 Å². The Hall–Kier alpha value is -1.69. The van der Waals surface area contributed by atoms with E-state index in [1.807, 2.05) is 0 Å². The maximum Gasteiger partial charge on any atom is 0.219 e. The molecule has 0 saturated carbocycles. The van der Waals surface area contributed by atoms with Crippen LogP contribution in [-0.4, -0.2) is 16.4 Å². The molecule has 82 valence electrons. The number of benzene rings is 1. The van der Waals surface area contributed by atoms with E-state index in [1.54, 1.807) is 6.07 Å². The quantitative estimate of drug-likeness (QED) is 0.881. The average molecular weight is 284 g/mol. The smallest absolute Gasteiger partial charge is 0.219 e. The van der Waals surface area contributed by atoms with Crippen molar-refractivity contribution in [2.75, 3.05) is 4.90 Å². The molecule has 0 aliphatic carbocycles. The topological polar surface area (TPSA) is 49.0 Å². The van der Waals surface area contributed by atoms with Gasteiger partial charge in [-0.3, -0.25) is 9.69 Å². The van der Waals surface area contributed by atoms with Crippen LogP contribution in [0.5, 0.6) is 0 Å². The number of aromatic nitrogens is 2. The molecule has 0 atom stereocenters. The van der Waals surface area contributed by atoms with Crippen LogP contribution in [0.1, 0.15) is 0 Å². The Morgan fingerprint density at radius 1 is 1.50 bits per heavy atom. The van der Waals surface area contributed by atoms with Gasteiger partial charge in [0.2, 0.25) is 6.41 Å². The van der Waals surface area contributed by atoms with E-state index in [9.17, 15) is 9.18 Å². The molecule has 0 radical (unpaired) electrons. The number of hydrogen-bond acceptors (Lipinski definition) is 2. The van der Waals surface area contributed by atoms with Gasteiger partial charge in [0.1, 0.15) is 11.6 Å². The standard InChI is InChI=1S/C10H7BrFN3O/c11-7-1-2-9(8(12)3-7)15(6-16)10-4-13-5-14-10/h1-6H,(H,13,14). The fraction of sp³-hybridized carbons (Fsp3) is 0. The molecule has 0 fully saturated rings. The predicted octanol–water partition coefficient (Wildman–Crippen LogP) is 2.61. The lowest BCUT2D eigenvalue weighted by atomic mass is 10.3. The van der Waals surface area contributed by atoms with E-state index in [0.717, 1.165) is 4.90 Å². The molecule has 1 amide bonds. The van der Waals surface area contributed by atoms with E-state index in [4.69, 9.17) is 0 Å². The summed E-state index contributed by atoms with van der Waals surface area (Å²) in [5, 5.41) is 0. The van der Waals surface area contributed by atoms with Crippen molar-refractivity contribution in [1.82, 2.24) is 9.97 Å². The van der Waals surface area contributed by atoms with Crippen molar-refractivity contribution >= 4 is 33.8 Å². The van der Waals surface area contributed by atoms with Gasteiger partial charge < -0.3 is 4.98 Å². The molecule has 1 N–H and O–H groups in total. The molecule has 0 aliphatic rings. The van der Waals surface area contributed by atoms with E-state index in [1.165, 1.54) is 24.7 Å². The molecule has 2 rings (SSSR count). The van der Waals surface area contributed by atoms with E-state index in [-0.39, 0.29) is 5.69 Å². The number of rotatable bonds is 3. The van der Waals surface area contributed by atoms with Gasteiger partial charge in [0.25, 0.3) is 0 Å². The number of amides is 1. The normalized spacial score (nSPS) is 10.1. The summed E-state index contributed by atoms with van der Waals surface area (Å²) in [5.74, 6) is -0.0766. The summed E-state index contributed by atoms with van der Waals surface area (Å²) < 4.78 is 14.2. The van der Waals surface area contributed by atoms with Crippen LogP contribution in [0.4, 0.5) is 15.9 Å². The Morgan fingerprint density at radius 3 is 2.88 bits per heavy atom. The van der Waals surface area contributed by atoms with E-state index >= 15 is 0 Å². The van der Waals surface area contributed by atoms with Crippen molar-refractivity contribution in [3.05, 3.63) is 41.0 Å². The molecule has 1 aromatic carbocycles. The Balaban J connectivity index is 2.45. The summed E-state index contributed by atoms with van der Waals surface area (Å²) in [4.78, 5) is 18.6. The van der Waals surface area contributed by atoms with Crippen LogP contribution < -0.4 is 4.90 Å². The zero-order chi connectivity index (χ0) is 11.5. The number of halogens is 2. The number of H-pyrrole nitrogens is 1. The van der Waals surface area contributed by atoms with Crippen molar-refractivity contribution in [1.29, 1.82) is 0 Å². The minimum Gasteiger partial charge on any atom is -0.331 e. The molecule has 0 aliphatic heterocycles. The molecule has 16 heavy (non-hydrogen) atoms. The molecular weight excluding hydrogens is 277 g/mol. The van der Waals surface area contributed by atoms with Gasteiger partial charge in [0.05, 0.1) is 18.2 Å².